The van der Waals surface area contributed by atoms with Gasteiger partial charge in [0.1, 0.15) is 5.75 Å². The zero-order chi connectivity index (χ0) is 13.8. The van der Waals surface area contributed by atoms with Crippen LogP contribution in [0.3, 0.4) is 0 Å². The van der Waals surface area contributed by atoms with Crippen LogP contribution in [0.1, 0.15) is 0 Å². The molecule has 0 saturated heterocycles. The number of nitrogens with zero attached hydrogens (tertiary/aromatic N) is 1. The molecule has 5 heteroatoms. The van der Waals surface area contributed by atoms with Gasteiger partial charge in [-0.25, -0.2) is 0 Å². The summed E-state index contributed by atoms with van der Waals surface area (Å²) in [6.45, 7) is 1.84. The smallest absolute Gasteiger partial charge is 0.263 e. The van der Waals surface area contributed by atoms with Crippen molar-refractivity contribution in [2.24, 2.45) is 0 Å². The summed E-state index contributed by atoms with van der Waals surface area (Å²) in [6.07, 6.45) is 3.47. The van der Waals surface area contributed by atoms with E-state index < -0.39 is 6.10 Å². The Morgan fingerprint density at radius 2 is 2.10 bits per heavy atom. The lowest BCUT2D eigenvalue weighted by Crippen LogP contribution is -2.45. The molecule has 1 aliphatic heterocycles. The van der Waals surface area contributed by atoms with E-state index in [0.29, 0.717) is 13.1 Å². The molecule has 1 unspecified atom stereocenters. The second-order valence-corrected chi connectivity index (χ2v) is 4.70. The van der Waals surface area contributed by atoms with E-state index in [4.69, 9.17) is 4.74 Å². The van der Waals surface area contributed by atoms with Crippen LogP contribution in [-0.2, 0) is 11.3 Å². The topological polar surface area (TPSA) is 55.3 Å². The molecule has 1 atom stereocenters. The van der Waals surface area contributed by atoms with E-state index in [9.17, 15) is 4.79 Å². The molecule has 0 aliphatic carbocycles. The van der Waals surface area contributed by atoms with E-state index in [-0.39, 0.29) is 5.91 Å². The molecule has 104 valence electrons. The summed E-state index contributed by atoms with van der Waals surface area (Å²) in [4.78, 5) is 12.1. The van der Waals surface area contributed by atoms with Crippen molar-refractivity contribution in [3.05, 3.63) is 48.8 Å². The number of benzene rings is 1. The number of anilines is 1. The molecular formula is C15H17N3O2. The van der Waals surface area contributed by atoms with Crippen molar-refractivity contribution < 1.29 is 9.53 Å². The molecule has 1 amide bonds. The summed E-state index contributed by atoms with van der Waals surface area (Å²) in [7, 11) is 0. The number of aromatic nitrogens is 1. The van der Waals surface area contributed by atoms with Gasteiger partial charge in [0.2, 0.25) is 0 Å². The highest BCUT2D eigenvalue weighted by molar-refractivity contribution is 5.83. The van der Waals surface area contributed by atoms with Crippen LogP contribution in [0.25, 0.3) is 0 Å². The molecule has 0 spiro atoms. The van der Waals surface area contributed by atoms with Crippen molar-refractivity contribution in [1.29, 1.82) is 0 Å². The zero-order valence-corrected chi connectivity index (χ0v) is 11.1. The second kappa shape index (κ2) is 5.69. The van der Waals surface area contributed by atoms with Crippen LogP contribution in [-0.4, -0.2) is 29.7 Å². The van der Waals surface area contributed by atoms with Gasteiger partial charge >= 0.3 is 0 Å². The van der Waals surface area contributed by atoms with E-state index in [1.807, 2.05) is 53.4 Å². The van der Waals surface area contributed by atoms with E-state index in [2.05, 4.69) is 10.6 Å². The van der Waals surface area contributed by atoms with Crippen molar-refractivity contribution >= 4 is 11.6 Å². The molecule has 5 nitrogen and oxygen atoms in total. The van der Waals surface area contributed by atoms with E-state index >= 15 is 0 Å². The fourth-order valence-electron chi connectivity index (χ4n) is 2.20. The van der Waals surface area contributed by atoms with Gasteiger partial charge in [-0.1, -0.05) is 12.1 Å². The van der Waals surface area contributed by atoms with Gasteiger partial charge in [0.05, 0.1) is 12.2 Å². The Labute approximate surface area is 117 Å². The van der Waals surface area contributed by atoms with Crippen molar-refractivity contribution in [1.82, 2.24) is 9.88 Å². The highest BCUT2D eigenvalue weighted by Gasteiger charge is 2.25. The van der Waals surface area contributed by atoms with E-state index in [1.165, 1.54) is 0 Å². The Morgan fingerprint density at radius 3 is 2.95 bits per heavy atom. The van der Waals surface area contributed by atoms with Crippen molar-refractivity contribution in [3.63, 3.8) is 0 Å². The molecule has 20 heavy (non-hydrogen) atoms. The Hall–Kier alpha value is -2.43. The van der Waals surface area contributed by atoms with Gasteiger partial charge in [0, 0.05) is 25.5 Å². The zero-order valence-electron chi connectivity index (χ0n) is 11.1. The average molecular weight is 271 g/mol. The van der Waals surface area contributed by atoms with Crippen molar-refractivity contribution in [3.8, 4) is 5.75 Å². The summed E-state index contributed by atoms with van der Waals surface area (Å²) in [5, 5.41) is 6.10. The molecule has 0 fully saturated rings. The molecule has 0 bridgehead atoms. The lowest BCUT2D eigenvalue weighted by molar-refractivity contribution is -0.127. The lowest BCUT2D eigenvalue weighted by Gasteiger charge is -2.26. The van der Waals surface area contributed by atoms with Crippen LogP contribution in [0.15, 0.2) is 48.8 Å². The molecule has 2 N–H and O–H groups in total. The fraction of sp³-hybridized carbons (Fsp3) is 0.267. The Kier molecular flexibility index (Phi) is 3.58. The largest absolute Gasteiger partial charge is 0.477 e. The second-order valence-electron chi connectivity index (χ2n) is 4.70. The van der Waals surface area contributed by atoms with E-state index in [1.54, 1.807) is 0 Å². The van der Waals surface area contributed by atoms with Gasteiger partial charge in [-0.05, 0) is 24.3 Å². The van der Waals surface area contributed by atoms with Crippen LogP contribution in [0, 0.1) is 0 Å². The summed E-state index contributed by atoms with van der Waals surface area (Å²) in [5.74, 6) is 0.642. The molecule has 0 radical (unpaired) electrons. The molecular weight excluding hydrogens is 254 g/mol. The van der Waals surface area contributed by atoms with Crippen LogP contribution in [0.4, 0.5) is 5.69 Å². The van der Waals surface area contributed by atoms with E-state index in [0.717, 1.165) is 18.0 Å². The number of para-hydroxylation sites is 2. The highest BCUT2D eigenvalue weighted by Crippen LogP contribution is 2.28. The molecule has 1 aromatic carbocycles. The van der Waals surface area contributed by atoms with Crippen LogP contribution in [0.5, 0.6) is 5.75 Å². The minimum Gasteiger partial charge on any atom is -0.477 e. The number of rotatable bonds is 4. The number of hydrogen-bond donors (Lipinski definition) is 2. The Bertz CT molecular complexity index is 581. The predicted molar refractivity (Wildman–Crippen MR) is 76.8 cm³/mol. The standard InChI is InChI=1S/C15H17N3O2/c19-15(16-7-10-18-8-3-4-9-18)14-11-17-12-5-1-2-6-13(12)20-14/h1-6,8-9,14,17H,7,10-11H2,(H,16,19). The maximum atomic E-state index is 12.1. The van der Waals surface area contributed by atoms with Crippen LogP contribution < -0.4 is 15.4 Å². The lowest BCUT2D eigenvalue weighted by atomic mass is 10.2. The maximum absolute atomic E-state index is 12.1. The van der Waals surface area contributed by atoms with Crippen molar-refractivity contribution in [2.45, 2.75) is 12.6 Å². The molecule has 2 heterocycles. The third-order valence-corrected chi connectivity index (χ3v) is 3.26. The summed E-state index contributed by atoms with van der Waals surface area (Å²) in [5.41, 5.74) is 0.934. The quantitative estimate of drug-likeness (QED) is 0.885. The predicted octanol–water partition coefficient (Wildman–Crippen LogP) is 1.48. The van der Waals surface area contributed by atoms with Crippen LogP contribution >= 0.6 is 0 Å². The maximum Gasteiger partial charge on any atom is 0.263 e. The number of amides is 1. The highest BCUT2D eigenvalue weighted by atomic mass is 16.5. The van der Waals surface area contributed by atoms with Gasteiger partial charge in [0.15, 0.2) is 6.10 Å². The first kappa shape index (κ1) is 12.6. The van der Waals surface area contributed by atoms with Crippen LogP contribution in [0.2, 0.25) is 0 Å². The monoisotopic (exact) mass is 271 g/mol. The SMILES string of the molecule is O=C(NCCn1cccc1)C1CNc2ccccc2O1. The van der Waals surface area contributed by atoms with Gasteiger partial charge in [-0.15, -0.1) is 0 Å². The normalized spacial score (nSPS) is 16.7. The Balaban J connectivity index is 1.51. The van der Waals surface area contributed by atoms with Gasteiger partial charge in [-0.2, -0.15) is 0 Å². The summed E-state index contributed by atoms with van der Waals surface area (Å²) in [6, 6.07) is 11.6. The number of nitrogens with one attached hydrogen (secondary N) is 2. The first-order valence-electron chi connectivity index (χ1n) is 6.71. The number of ether oxygens (including phenoxy) is 1. The minimum absolute atomic E-state index is 0.0841. The third-order valence-electron chi connectivity index (χ3n) is 3.26. The molecule has 3 rings (SSSR count). The number of hydrogen-bond acceptors (Lipinski definition) is 3. The average Bonchev–Trinajstić information content (AvgIpc) is 3.00. The molecule has 1 aliphatic rings. The Morgan fingerprint density at radius 1 is 1.30 bits per heavy atom. The van der Waals surface area contributed by atoms with Gasteiger partial charge in [-0.3, -0.25) is 4.79 Å². The van der Waals surface area contributed by atoms with Gasteiger partial charge < -0.3 is 19.9 Å². The number of fused-ring (bicyclic) bond motifs is 1. The summed E-state index contributed by atoms with van der Waals surface area (Å²) < 4.78 is 7.72. The fourth-order valence-corrected chi connectivity index (χ4v) is 2.20. The number of carbonyl (C=O) groups is 1. The minimum atomic E-state index is -0.477. The first-order chi connectivity index (χ1) is 9.83. The molecule has 1 aromatic heterocycles. The summed E-state index contributed by atoms with van der Waals surface area (Å²) >= 11 is 0. The van der Waals surface area contributed by atoms with Crippen molar-refractivity contribution in [2.75, 3.05) is 18.4 Å². The molecule has 2 aromatic rings. The first-order valence-corrected chi connectivity index (χ1v) is 6.71. The third kappa shape index (κ3) is 2.77. The molecule has 0 saturated carbocycles. The van der Waals surface area contributed by atoms with Gasteiger partial charge in [0.25, 0.3) is 5.91 Å². The number of carbonyl (C=O) groups excluding carboxylic acids is 1.